The number of sulfonamides is 1. The molecule has 1 aliphatic carbocycles. The van der Waals surface area contributed by atoms with Crippen LogP contribution in [0, 0.1) is 23.6 Å². The van der Waals surface area contributed by atoms with Crippen molar-refractivity contribution in [1.82, 2.24) is 9.21 Å². The van der Waals surface area contributed by atoms with Crippen LogP contribution >= 0.6 is 0 Å². The van der Waals surface area contributed by atoms with Gasteiger partial charge in [0.1, 0.15) is 5.82 Å². The molecule has 3 fully saturated rings. The highest BCUT2D eigenvalue weighted by atomic mass is 32.2. The van der Waals surface area contributed by atoms with E-state index in [1.807, 2.05) is 12.1 Å². The molecule has 0 unspecified atom stereocenters. The standard InChI is InChI=1S/C28H33FN2O3S/c29-24-13-15-25(16-14-24)35(33,34)30-17-3-4-18-31-26(19-30)28(27(31)20-32)23-11-9-22(10-12-23)8-7-21-5-1-2-6-21/h9-16,21,26-28,32H,1-6,17-20H2/t26-,27-,28+/m0/s1. The van der Waals surface area contributed by atoms with Crippen molar-refractivity contribution in [2.45, 2.75) is 61.4 Å². The molecule has 35 heavy (non-hydrogen) atoms. The molecule has 1 N–H and O–H groups in total. The van der Waals surface area contributed by atoms with Crippen molar-refractivity contribution in [3.63, 3.8) is 0 Å². The predicted octanol–water partition coefficient (Wildman–Crippen LogP) is 3.98. The molecule has 3 aliphatic rings. The molecule has 5 nitrogen and oxygen atoms in total. The highest BCUT2D eigenvalue weighted by molar-refractivity contribution is 7.89. The second-order valence-electron chi connectivity index (χ2n) is 9.98. The Balaban J connectivity index is 1.37. The van der Waals surface area contributed by atoms with Gasteiger partial charge in [-0.1, -0.05) is 36.8 Å². The van der Waals surface area contributed by atoms with Crippen LogP contribution in [-0.4, -0.2) is 61.1 Å². The summed E-state index contributed by atoms with van der Waals surface area (Å²) in [6.45, 7) is 1.68. The molecule has 0 bridgehead atoms. The summed E-state index contributed by atoms with van der Waals surface area (Å²) in [5, 5.41) is 10.2. The normalized spacial score (nSPS) is 26.2. The predicted molar refractivity (Wildman–Crippen MR) is 134 cm³/mol. The average molecular weight is 497 g/mol. The van der Waals surface area contributed by atoms with Crippen molar-refractivity contribution >= 4 is 10.0 Å². The van der Waals surface area contributed by atoms with Gasteiger partial charge in [0.25, 0.3) is 0 Å². The van der Waals surface area contributed by atoms with E-state index in [2.05, 4.69) is 28.9 Å². The summed E-state index contributed by atoms with van der Waals surface area (Å²) < 4.78 is 41.7. The van der Waals surface area contributed by atoms with Gasteiger partial charge in [0.15, 0.2) is 0 Å². The number of benzene rings is 2. The van der Waals surface area contributed by atoms with Gasteiger partial charge < -0.3 is 5.11 Å². The Morgan fingerprint density at radius 2 is 1.63 bits per heavy atom. The number of hydrogen-bond acceptors (Lipinski definition) is 4. The first-order valence-corrected chi connectivity index (χ1v) is 14.2. The van der Waals surface area contributed by atoms with Crippen molar-refractivity contribution in [3.8, 4) is 11.8 Å². The first-order valence-electron chi connectivity index (χ1n) is 12.7. The van der Waals surface area contributed by atoms with Crippen molar-refractivity contribution in [3.05, 3.63) is 65.5 Å². The number of aliphatic hydroxyl groups is 1. The van der Waals surface area contributed by atoms with Crippen LogP contribution in [0.25, 0.3) is 0 Å². The third-order valence-corrected chi connectivity index (χ3v) is 9.73. The lowest BCUT2D eigenvalue weighted by Gasteiger charge is -2.57. The number of hydrogen-bond donors (Lipinski definition) is 1. The summed E-state index contributed by atoms with van der Waals surface area (Å²) in [5.41, 5.74) is 2.10. The Morgan fingerprint density at radius 3 is 2.31 bits per heavy atom. The van der Waals surface area contributed by atoms with E-state index in [0.29, 0.717) is 19.0 Å². The Morgan fingerprint density at radius 1 is 0.943 bits per heavy atom. The maximum Gasteiger partial charge on any atom is 0.243 e. The lowest BCUT2D eigenvalue weighted by atomic mass is 9.74. The van der Waals surface area contributed by atoms with Crippen molar-refractivity contribution < 1.29 is 17.9 Å². The molecule has 2 aromatic rings. The minimum atomic E-state index is -3.73. The lowest BCUT2D eigenvalue weighted by molar-refractivity contribution is -0.0553. The molecule has 2 saturated heterocycles. The number of halogens is 1. The minimum absolute atomic E-state index is 0.0157. The zero-order chi connectivity index (χ0) is 24.4. The quantitative estimate of drug-likeness (QED) is 0.651. The second kappa shape index (κ2) is 10.4. The van der Waals surface area contributed by atoms with Crippen molar-refractivity contribution in [2.75, 3.05) is 26.2 Å². The topological polar surface area (TPSA) is 60.9 Å². The van der Waals surface area contributed by atoms with E-state index in [4.69, 9.17) is 0 Å². The van der Waals surface area contributed by atoms with Crippen LogP contribution in [0.15, 0.2) is 53.4 Å². The van der Waals surface area contributed by atoms with E-state index in [9.17, 15) is 17.9 Å². The van der Waals surface area contributed by atoms with Crippen LogP contribution in [0.4, 0.5) is 4.39 Å². The molecule has 2 aromatic carbocycles. The molecule has 0 amide bonds. The highest BCUT2D eigenvalue weighted by Crippen LogP contribution is 2.42. The molecule has 2 aliphatic heterocycles. The van der Waals surface area contributed by atoms with Crippen molar-refractivity contribution in [1.29, 1.82) is 0 Å². The highest BCUT2D eigenvalue weighted by Gasteiger charge is 2.50. The first-order chi connectivity index (χ1) is 17.0. The molecular formula is C28H33FN2O3S. The number of nitrogens with zero attached hydrogens (tertiary/aromatic N) is 2. The molecule has 2 heterocycles. The largest absolute Gasteiger partial charge is 0.395 e. The molecule has 1 saturated carbocycles. The minimum Gasteiger partial charge on any atom is -0.395 e. The van der Waals surface area contributed by atoms with Gasteiger partial charge in [0.2, 0.25) is 10.0 Å². The third-order valence-electron chi connectivity index (χ3n) is 7.86. The Labute approximate surface area is 208 Å². The summed E-state index contributed by atoms with van der Waals surface area (Å²) in [6, 6.07) is 13.3. The summed E-state index contributed by atoms with van der Waals surface area (Å²) >= 11 is 0. The zero-order valence-corrected chi connectivity index (χ0v) is 20.8. The van der Waals surface area contributed by atoms with Gasteiger partial charge in [0.05, 0.1) is 11.5 Å². The smallest absolute Gasteiger partial charge is 0.243 e. The maximum absolute atomic E-state index is 13.4. The van der Waals surface area contributed by atoms with Crippen molar-refractivity contribution in [2.24, 2.45) is 5.92 Å². The first kappa shape index (κ1) is 24.5. The van der Waals surface area contributed by atoms with Crippen LogP contribution in [0.3, 0.4) is 0 Å². The molecule has 0 radical (unpaired) electrons. The van der Waals surface area contributed by atoms with E-state index < -0.39 is 15.8 Å². The van der Waals surface area contributed by atoms with Crippen LogP contribution in [0.1, 0.15) is 55.6 Å². The average Bonchev–Trinajstić information content (AvgIpc) is 3.36. The summed E-state index contributed by atoms with van der Waals surface area (Å²) in [7, 11) is -3.73. The molecule has 5 rings (SSSR count). The lowest BCUT2D eigenvalue weighted by Crippen LogP contribution is -2.67. The SMILES string of the molecule is O=S(=O)(c1ccc(F)cc1)N1CCCCN2[C@@H](CO)[C@H](c3ccc(C#CC4CCCC4)cc3)[C@@H]2C1. The fourth-order valence-electron chi connectivity index (χ4n) is 5.93. The zero-order valence-electron chi connectivity index (χ0n) is 19.9. The summed E-state index contributed by atoms with van der Waals surface area (Å²) in [4.78, 5) is 2.37. The van der Waals surface area contributed by atoms with E-state index in [1.54, 1.807) is 4.31 Å². The van der Waals surface area contributed by atoms with Gasteiger partial charge in [0, 0.05) is 42.6 Å². The monoisotopic (exact) mass is 496 g/mol. The maximum atomic E-state index is 13.4. The van der Waals surface area contributed by atoms with Gasteiger partial charge >= 0.3 is 0 Å². The number of rotatable bonds is 4. The molecule has 0 spiro atoms. The molecule has 0 aromatic heterocycles. The van der Waals surface area contributed by atoms with Gasteiger partial charge in [-0.2, -0.15) is 4.31 Å². The van der Waals surface area contributed by atoms with Crippen LogP contribution in [0.2, 0.25) is 0 Å². The second-order valence-corrected chi connectivity index (χ2v) is 11.9. The van der Waals surface area contributed by atoms with Gasteiger partial charge in [-0.15, -0.1) is 0 Å². The molecule has 3 atom stereocenters. The number of aliphatic hydroxyl groups excluding tert-OH is 1. The number of fused-ring (bicyclic) bond motifs is 1. The third kappa shape index (κ3) is 5.03. The van der Waals surface area contributed by atoms with Gasteiger partial charge in [-0.25, -0.2) is 12.8 Å². The Kier molecular flexibility index (Phi) is 7.26. The van der Waals surface area contributed by atoms with Crippen LogP contribution in [-0.2, 0) is 10.0 Å². The van der Waals surface area contributed by atoms with Gasteiger partial charge in [-0.3, -0.25) is 4.90 Å². The van der Waals surface area contributed by atoms with E-state index in [-0.39, 0.29) is 29.5 Å². The van der Waals surface area contributed by atoms with Gasteiger partial charge in [-0.05, 0) is 74.2 Å². The van der Waals surface area contributed by atoms with E-state index in [0.717, 1.165) is 30.5 Å². The van der Waals surface area contributed by atoms with Crippen LogP contribution < -0.4 is 0 Å². The van der Waals surface area contributed by atoms with Crippen LogP contribution in [0.5, 0.6) is 0 Å². The fraction of sp³-hybridized carbons (Fsp3) is 0.500. The summed E-state index contributed by atoms with van der Waals surface area (Å²) in [5.74, 6) is 6.81. The fourth-order valence-corrected chi connectivity index (χ4v) is 7.42. The Hall–Kier alpha value is -2.24. The van der Waals surface area contributed by atoms with E-state index >= 15 is 0 Å². The summed E-state index contributed by atoms with van der Waals surface area (Å²) in [6.07, 6.45) is 6.55. The molecule has 186 valence electrons. The van der Waals surface area contributed by atoms with E-state index in [1.165, 1.54) is 49.9 Å². The Bertz CT molecular complexity index is 1180. The molecular weight excluding hydrogens is 463 g/mol. The molecule has 7 heteroatoms.